The summed E-state index contributed by atoms with van der Waals surface area (Å²) in [7, 11) is 0. The van der Waals surface area contributed by atoms with Crippen molar-refractivity contribution in [3.8, 4) is 0 Å². The summed E-state index contributed by atoms with van der Waals surface area (Å²) < 4.78 is 42.9. The van der Waals surface area contributed by atoms with Crippen LogP contribution in [0.25, 0.3) is 0 Å². The molecule has 2 atom stereocenters. The van der Waals surface area contributed by atoms with Crippen LogP contribution in [0, 0.1) is 0 Å². The first-order valence-corrected chi connectivity index (χ1v) is 5.90. The highest BCUT2D eigenvalue weighted by molar-refractivity contribution is 5.76. The van der Waals surface area contributed by atoms with E-state index in [-0.39, 0.29) is 6.61 Å². The number of hydrogen-bond acceptors (Lipinski definition) is 3. The van der Waals surface area contributed by atoms with E-state index in [1.807, 2.05) is 0 Å². The highest BCUT2D eigenvalue weighted by Crippen LogP contribution is 2.24. The van der Waals surface area contributed by atoms with E-state index >= 15 is 0 Å². The summed E-state index contributed by atoms with van der Waals surface area (Å²) in [6, 6.07) is 5.66. The molecule has 0 radical (unpaired) electrons. The molecule has 0 bridgehead atoms. The Bertz CT molecular complexity index is 406. The zero-order valence-corrected chi connectivity index (χ0v) is 10.7. The lowest BCUT2D eigenvalue weighted by atomic mass is 10.1. The molecule has 1 N–H and O–H groups in total. The normalized spacial score (nSPS) is 14.8. The van der Waals surface area contributed by atoms with Gasteiger partial charge in [-0.15, -0.1) is 0 Å². The van der Waals surface area contributed by atoms with Crippen molar-refractivity contribution in [2.75, 3.05) is 6.61 Å². The van der Waals surface area contributed by atoms with Gasteiger partial charge in [0.25, 0.3) is 0 Å². The molecule has 106 valence electrons. The lowest BCUT2D eigenvalue weighted by Gasteiger charge is -2.24. The maximum Gasteiger partial charge on any atom is 0.414 e. The lowest BCUT2D eigenvalue weighted by Crippen LogP contribution is -2.49. The first kappa shape index (κ1) is 15.5. The minimum Gasteiger partial charge on any atom is -0.465 e. The fraction of sp³-hybridized carbons (Fsp3) is 0.462. The van der Waals surface area contributed by atoms with Crippen molar-refractivity contribution in [2.24, 2.45) is 0 Å². The Morgan fingerprint density at radius 3 is 2.37 bits per heavy atom. The van der Waals surface area contributed by atoms with E-state index in [1.165, 1.54) is 6.92 Å². The Kier molecular flexibility index (Phi) is 5.35. The zero-order chi connectivity index (χ0) is 14.5. The molecule has 1 aromatic rings. The van der Waals surface area contributed by atoms with E-state index in [0.29, 0.717) is 5.56 Å². The number of hydrogen-bond donors (Lipinski definition) is 1. The van der Waals surface area contributed by atoms with E-state index in [4.69, 9.17) is 0 Å². The summed E-state index contributed by atoms with van der Waals surface area (Å²) in [5, 5.41) is 2.26. The van der Waals surface area contributed by atoms with Crippen molar-refractivity contribution in [3.05, 3.63) is 35.9 Å². The van der Waals surface area contributed by atoms with Crippen molar-refractivity contribution in [3.63, 3.8) is 0 Å². The van der Waals surface area contributed by atoms with Gasteiger partial charge in [0.2, 0.25) is 6.04 Å². The first-order valence-electron chi connectivity index (χ1n) is 5.90. The highest BCUT2D eigenvalue weighted by atomic mass is 19.4. The van der Waals surface area contributed by atoms with E-state index in [2.05, 4.69) is 10.1 Å². The molecule has 0 spiro atoms. The Morgan fingerprint density at radius 1 is 1.32 bits per heavy atom. The van der Waals surface area contributed by atoms with Gasteiger partial charge in [-0.05, 0) is 19.4 Å². The van der Waals surface area contributed by atoms with E-state index in [9.17, 15) is 18.0 Å². The van der Waals surface area contributed by atoms with Crippen LogP contribution in [-0.4, -0.2) is 24.8 Å². The molecule has 0 amide bonds. The molecule has 0 fully saturated rings. The van der Waals surface area contributed by atoms with Gasteiger partial charge in [0.15, 0.2) is 0 Å². The Labute approximate surface area is 109 Å². The Hall–Kier alpha value is -1.56. The van der Waals surface area contributed by atoms with Crippen LogP contribution in [0.4, 0.5) is 13.2 Å². The van der Waals surface area contributed by atoms with Crippen molar-refractivity contribution in [1.82, 2.24) is 5.32 Å². The van der Waals surface area contributed by atoms with Crippen molar-refractivity contribution in [1.29, 1.82) is 0 Å². The van der Waals surface area contributed by atoms with Gasteiger partial charge in [-0.3, -0.25) is 5.32 Å². The average Bonchev–Trinajstić information content (AvgIpc) is 2.35. The average molecular weight is 275 g/mol. The summed E-state index contributed by atoms with van der Waals surface area (Å²) in [5.74, 6) is -1.31. The zero-order valence-electron chi connectivity index (χ0n) is 10.7. The molecule has 3 nitrogen and oxygen atoms in total. The van der Waals surface area contributed by atoms with Crippen molar-refractivity contribution in [2.45, 2.75) is 32.1 Å². The van der Waals surface area contributed by atoms with Crippen LogP contribution in [0.15, 0.2) is 30.3 Å². The molecule has 0 saturated carbocycles. The predicted molar refractivity (Wildman–Crippen MR) is 64.5 cm³/mol. The van der Waals surface area contributed by atoms with Crippen LogP contribution in [0.1, 0.15) is 25.5 Å². The summed E-state index contributed by atoms with van der Waals surface area (Å²) in [5.41, 5.74) is 0.668. The number of carbonyl (C=O) groups is 1. The molecule has 0 aliphatic rings. The van der Waals surface area contributed by atoms with Crippen LogP contribution in [-0.2, 0) is 9.53 Å². The fourth-order valence-corrected chi connectivity index (χ4v) is 1.61. The number of halogens is 3. The van der Waals surface area contributed by atoms with Gasteiger partial charge in [-0.2, -0.15) is 13.2 Å². The molecule has 1 aromatic carbocycles. The molecule has 6 heteroatoms. The summed E-state index contributed by atoms with van der Waals surface area (Å²) in [6.45, 7) is 2.94. The molecule has 1 rings (SSSR count). The third-order valence-corrected chi connectivity index (χ3v) is 2.57. The third-order valence-electron chi connectivity index (χ3n) is 2.57. The van der Waals surface area contributed by atoms with Crippen molar-refractivity contribution >= 4 is 5.97 Å². The minimum absolute atomic E-state index is 0.0905. The molecule has 0 aliphatic carbocycles. The molecule has 19 heavy (non-hydrogen) atoms. The Balaban J connectivity index is 2.81. The van der Waals surface area contributed by atoms with E-state index in [1.54, 1.807) is 37.3 Å². The van der Waals surface area contributed by atoms with E-state index < -0.39 is 24.2 Å². The lowest BCUT2D eigenvalue weighted by molar-refractivity contribution is -0.185. The largest absolute Gasteiger partial charge is 0.465 e. The predicted octanol–water partition coefficient (Wildman–Crippen LogP) is 2.83. The van der Waals surface area contributed by atoms with Gasteiger partial charge >= 0.3 is 12.1 Å². The smallest absolute Gasteiger partial charge is 0.414 e. The molecule has 0 heterocycles. The van der Waals surface area contributed by atoms with Gasteiger partial charge in [-0.25, -0.2) is 4.79 Å². The van der Waals surface area contributed by atoms with E-state index in [0.717, 1.165) is 0 Å². The molecule has 2 unspecified atom stereocenters. The van der Waals surface area contributed by atoms with Gasteiger partial charge in [0.1, 0.15) is 0 Å². The van der Waals surface area contributed by atoms with Gasteiger partial charge in [0.05, 0.1) is 6.61 Å². The Morgan fingerprint density at radius 2 is 1.89 bits per heavy atom. The SMILES string of the molecule is CCOC(=O)C(NC(C)c1ccccc1)C(F)(F)F. The minimum atomic E-state index is -4.69. The second kappa shape index (κ2) is 6.56. The number of rotatable bonds is 5. The topological polar surface area (TPSA) is 38.3 Å². The number of carbonyl (C=O) groups excluding carboxylic acids is 1. The first-order chi connectivity index (χ1) is 8.86. The number of alkyl halides is 3. The second-order valence-corrected chi connectivity index (χ2v) is 4.03. The van der Waals surface area contributed by atoms with Crippen molar-refractivity contribution < 1.29 is 22.7 Å². The molecule has 0 saturated heterocycles. The summed E-state index contributed by atoms with van der Waals surface area (Å²) >= 11 is 0. The number of ether oxygens (including phenoxy) is 1. The van der Waals surface area contributed by atoms with Crippen LogP contribution in [0.3, 0.4) is 0 Å². The molecular weight excluding hydrogens is 259 g/mol. The molecule has 0 aromatic heterocycles. The second-order valence-electron chi connectivity index (χ2n) is 4.03. The molecule has 0 aliphatic heterocycles. The number of esters is 1. The third kappa shape index (κ3) is 4.55. The maximum atomic E-state index is 12.8. The van der Waals surface area contributed by atoms with Crippen LogP contribution < -0.4 is 5.32 Å². The monoisotopic (exact) mass is 275 g/mol. The maximum absolute atomic E-state index is 12.8. The number of nitrogens with one attached hydrogen (secondary N) is 1. The van der Waals surface area contributed by atoms with Crippen LogP contribution in [0.5, 0.6) is 0 Å². The van der Waals surface area contributed by atoms with Gasteiger partial charge in [-0.1, -0.05) is 30.3 Å². The van der Waals surface area contributed by atoms with Gasteiger partial charge in [0, 0.05) is 6.04 Å². The standard InChI is InChI=1S/C13H16F3NO2/c1-3-19-12(18)11(13(14,15)16)17-9(2)10-7-5-4-6-8-10/h4-9,11,17H,3H2,1-2H3. The fourth-order valence-electron chi connectivity index (χ4n) is 1.61. The summed E-state index contributed by atoms with van der Waals surface area (Å²) in [6.07, 6.45) is -4.69. The molecular formula is C13H16F3NO2. The number of benzene rings is 1. The quantitative estimate of drug-likeness (QED) is 0.840. The van der Waals surface area contributed by atoms with Gasteiger partial charge < -0.3 is 4.74 Å². The van der Waals surface area contributed by atoms with Crippen LogP contribution >= 0.6 is 0 Å². The summed E-state index contributed by atoms with van der Waals surface area (Å²) in [4.78, 5) is 11.4. The van der Waals surface area contributed by atoms with Crippen LogP contribution in [0.2, 0.25) is 0 Å². The highest BCUT2D eigenvalue weighted by Gasteiger charge is 2.46.